The monoisotopic (exact) mass is 584 g/mol. The van der Waals surface area contributed by atoms with Gasteiger partial charge in [0.2, 0.25) is 11.4 Å². The second kappa shape index (κ2) is 10.7. The molecule has 218 valence electrons. The SMILES string of the molecule is C=C1CC2C(CCc3oc4ccccc4c3-c3cccc[n+]3C1)c1ccccc1-c1cc(CC(C)C)c([Si](C)(C)C)c[n+]12. The first-order valence-electron chi connectivity index (χ1n) is 16.0. The summed E-state index contributed by atoms with van der Waals surface area (Å²) < 4.78 is 11.7. The van der Waals surface area contributed by atoms with Crippen LogP contribution in [0.1, 0.15) is 55.5 Å². The lowest BCUT2D eigenvalue weighted by atomic mass is 9.77. The fraction of sp³-hybridized carbons (Fsp3) is 0.333. The number of nitrogens with zero attached hydrogens (tertiary/aromatic N) is 2. The molecule has 2 aliphatic rings. The molecule has 2 aromatic carbocycles. The van der Waals surface area contributed by atoms with Crippen LogP contribution in [0.5, 0.6) is 0 Å². The zero-order valence-electron chi connectivity index (χ0n) is 26.4. The van der Waals surface area contributed by atoms with Gasteiger partial charge in [-0.05, 0) is 53.7 Å². The number of allylic oxidation sites excluding steroid dienone is 1. The molecule has 2 atom stereocenters. The number of hydrogen-bond donors (Lipinski definition) is 0. The Morgan fingerprint density at radius 3 is 2.53 bits per heavy atom. The Morgan fingerprint density at radius 2 is 1.72 bits per heavy atom. The molecule has 2 unspecified atom stereocenters. The van der Waals surface area contributed by atoms with Crippen LogP contribution in [0.2, 0.25) is 19.6 Å². The molecule has 7 rings (SSSR count). The van der Waals surface area contributed by atoms with E-state index in [1.54, 1.807) is 10.8 Å². The van der Waals surface area contributed by atoms with Gasteiger partial charge in [0.05, 0.1) is 13.6 Å². The predicted molar refractivity (Wildman–Crippen MR) is 179 cm³/mol. The molecule has 0 amide bonds. The number of aromatic nitrogens is 2. The number of hydrogen-bond acceptors (Lipinski definition) is 1. The van der Waals surface area contributed by atoms with Gasteiger partial charge in [0.15, 0.2) is 25.0 Å². The van der Waals surface area contributed by atoms with Crippen LogP contribution in [0.3, 0.4) is 0 Å². The summed E-state index contributed by atoms with van der Waals surface area (Å²) in [4.78, 5) is 0. The topological polar surface area (TPSA) is 20.9 Å². The highest BCUT2D eigenvalue weighted by molar-refractivity contribution is 6.89. The van der Waals surface area contributed by atoms with Crippen LogP contribution in [0.15, 0.2) is 102 Å². The van der Waals surface area contributed by atoms with E-state index < -0.39 is 8.07 Å². The lowest BCUT2D eigenvalue weighted by molar-refractivity contribution is -0.719. The molecule has 0 saturated heterocycles. The third-order valence-corrected chi connectivity index (χ3v) is 11.6. The Hall–Kier alpha value is -3.76. The fourth-order valence-corrected chi connectivity index (χ4v) is 9.37. The van der Waals surface area contributed by atoms with Gasteiger partial charge in [-0.15, -0.1) is 0 Å². The molecule has 0 spiro atoms. The minimum Gasteiger partial charge on any atom is -0.460 e. The van der Waals surface area contributed by atoms with E-state index in [-0.39, 0.29) is 0 Å². The second-order valence-electron chi connectivity index (χ2n) is 14.2. The summed E-state index contributed by atoms with van der Waals surface area (Å²) in [6.45, 7) is 17.7. The molecule has 0 saturated carbocycles. The normalized spacial score (nSPS) is 18.3. The average molecular weight is 585 g/mol. The molecule has 5 aromatic rings. The van der Waals surface area contributed by atoms with Crippen LogP contribution in [0.25, 0.3) is 33.5 Å². The van der Waals surface area contributed by atoms with Crippen molar-refractivity contribution in [2.75, 3.05) is 0 Å². The Kier molecular flexibility index (Phi) is 7.01. The van der Waals surface area contributed by atoms with Gasteiger partial charge >= 0.3 is 0 Å². The maximum absolute atomic E-state index is 6.66. The van der Waals surface area contributed by atoms with Crippen molar-refractivity contribution in [1.29, 1.82) is 0 Å². The number of aryl methyl sites for hydroxylation is 1. The number of pyridine rings is 2. The van der Waals surface area contributed by atoms with Crippen LogP contribution in [-0.4, -0.2) is 8.07 Å². The molecule has 3 nitrogen and oxygen atoms in total. The summed E-state index contributed by atoms with van der Waals surface area (Å²) in [7, 11) is -1.59. The Labute approximate surface area is 257 Å². The fourth-order valence-electron chi connectivity index (χ4n) is 7.71. The largest absolute Gasteiger partial charge is 0.460 e. The van der Waals surface area contributed by atoms with Crippen molar-refractivity contribution in [3.05, 3.63) is 114 Å². The summed E-state index contributed by atoms with van der Waals surface area (Å²) >= 11 is 0. The molecule has 0 aliphatic carbocycles. The molecule has 3 aromatic heterocycles. The molecule has 2 aliphatic heterocycles. The van der Waals surface area contributed by atoms with Crippen LogP contribution >= 0.6 is 0 Å². The van der Waals surface area contributed by atoms with Crippen LogP contribution in [0.4, 0.5) is 0 Å². The van der Waals surface area contributed by atoms with Crippen LogP contribution < -0.4 is 14.3 Å². The summed E-state index contributed by atoms with van der Waals surface area (Å²) in [5.74, 6) is 2.08. The van der Waals surface area contributed by atoms with Crippen molar-refractivity contribution in [2.45, 2.75) is 77.7 Å². The van der Waals surface area contributed by atoms with Crippen molar-refractivity contribution >= 4 is 24.2 Å². The van der Waals surface area contributed by atoms with Gasteiger partial charge < -0.3 is 4.42 Å². The molecule has 0 N–H and O–H groups in total. The number of para-hydroxylation sites is 1. The van der Waals surface area contributed by atoms with E-state index in [0.29, 0.717) is 17.9 Å². The van der Waals surface area contributed by atoms with E-state index in [0.717, 1.165) is 43.6 Å². The van der Waals surface area contributed by atoms with Crippen molar-refractivity contribution in [2.24, 2.45) is 5.92 Å². The third kappa shape index (κ3) is 5.00. The molecule has 5 heterocycles. The van der Waals surface area contributed by atoms with Crippen LogP contribution in [-0.2, 0) is 19.4 Å². The standard InChI is InChI=1S/C39H44N2OSi/c1-26(2)21-28-23-35-30-14-8-7-13-29(30)31-18-19-37-39(32-15-9-10-17-36(32)42-37)33-16-11-12-20-40(33)24-27(3)22-34(31)41(35)25-38(28)43(4,5)6/h7-17,20,23,25-26,31,34H,3,18-19,21-22,24H2,1-2,4-6H3/q+2. The molecular formula is C39H44N2OSi+2. The smallest absolute Gasteiger partial charge is 0.216 e. The zero-order chi connectivity index (χ0) is 29.9. The number of rotatable bonds is 3. The summed E-state index contributed by atoms with van der Waals surface area (Å²) in [6.07, 6.45) is 8.78. The first-order valence-corrected chi connectivity index (χ1v) is 19.5. The molecule has 0 radical (unpaired) electrons. The molecule has 43 heavy (non-hydrogen) atoms. The predicted octanol–water partition coefficient (Wildman–Crippen LogP) is 8.32. The summed E-state index contributed by atoms with van der Waals surface area (Å²) in [5, 5.41) is 2.79. The van der Waals surface area contributed by atoms with Gasteiger partial charge in [0.1, 0.15) is 11.3 Å². The molecule has 4 heteroatoms. The number of furan rings is 1. The Bertz CT molecular complexity index is 1860. The maximum Gasteiger partial charge on any atom is 0.216 e. The zero-order valence-corrected chi connectivity index (χ0v) is 27.4. The first kappa shape index (κ1) is 28.0. The lowest BCUT2D eigenvalue weighted by Gasteiger charge is -2.32. The van der Waals surface area contributed by atoms with E-state index in [4.69, 9.17) is 11.0 Å². The quantitative estimate of drug-likeness (QED) is 0.119. The average Bonchev–Trinajstić information content (AvgIpc) is 3.33. The highest BCUT2D eigenvalue weighted by atomic mass is 28.3. The summed E-state index contributed by atoms with van der Waals surface area (Å²) in [5.41, 5.74) is 10.5. The van der Waals surface area contributed by atoms with Crippen molar-refractivity contribution in [1.82, 2.24) is 0 Å². The molecule has 0 fully saturated rings. The minimum atomic E-state index is -1.59. The minimum absolute atomic E-state index is 0.305. The van der Waals surface area contributed by atoms with E-state index in [1.807, 2.05) is 0 Å². The second-order valence-corrected chi connectivity index (χ2v) is 19.3. The number of fused-ring (bicyclic) bond motifs is 11. The maximum atomic E-state index is 6.66. The van der Waals surface area contributed by atoms with Gasteiger partial charge in [-0.3, -0.25) is 0 Å². The molecular weight excluding hydrogens is 541 g/mol. The molecule has 0 bridgehead atoms. The van der Waals surface area contributed by atoms with Crippen molar-refractivity contribution in [3.8, 4) is 22.5 Å². The van der Waals surface area contributed by atoms with E-state index >= 15 is 0 Å². The third-order valence-electron chi connectivity index (χ3n) is 9.54. The van der Waals surface area contributed by atoms with Crippen molar-refractivity contribution < 1.29 is 13.6 Å². The number of benzene rings is 2. The van der Waals surface area contributed by atoms with E-state index in [1.165, 1.54) is 39.0 Å². The van der Waals surface area contributed by atoms with Gasteiger partial charge in [0.25, 0.3) is 0 Å². The highest BCUT2D eigenvalue weighted by Crippen LogP contribution is 2.45. The van der Waals surface area contributed by atoms with Gasteiger partial charge in [0, 0.05) is 53.1 Å². The van der Waals surface area contributed by atoms with Gasteiger partial charge in [-0.1, -0.05) is 76.5 Å². The van der Waals surface area contributed by atoms with E-state index in [9.17, 15) is 0 Å². The van der Waals surface area contributed by atoms with Crippen molar-refractivity contribution in [3.63, 3.8) is 0 Å². The van der Waals surface area contributed by atoms with Gasteiger partial charge in [-0.2, -0.15) is 9.13 Å². The lowest BCUT2D eigenvalue weighted by Crippen LogP contribution is -2.54. The summed E-state index contributed by atoms with van der Waals surface area (Å²) in [6, 6.07) is 27.1. The Balaban J connectivity index is 1.44. The highest BCUT2D eigenvalue weighted by Gasteiger charge is 2.43. The Morgan fingerprint density at radius 1 is 0.953 bits per heavy atom. The van der Waals surface area contributed by atoms with E-state index in [2.05, 4.69) is 128 Å². The van der Waals surface area contributed by atoms with Crippen LogP contribution in [0, 0.1) is 5.92 Å². The first-order chi connectivity index (χ1) is 20.7. The van der Waals surface area contributed by atoms with Gasteiger partial charge in [-0.25, -0.2) is 0 Å².